The third kappa shape index (κ3) is 5.08. The molecule has 1 aliphatic rings. The monoisotopic (exact) mass is 292 g/mol. The lowest BCUT2D eigenvalue weighted by atomic mass is 10.2. The molecule has 0 aliphatic carbocycles. The van der Waals surface area contributed by atoms with Crippen LogP contribution in [0.15, 0.2) is 12.1 Å². The number of rotatable bonds is 5. The van der Waals surface area contributed by atoms with E-state index < -0.39 is 0 Å². The molecule has 1 unspecified atom stereocenters. The molecule has 0 saturated carbocycles. The van der Waals surface area contributed by atoms with E-state index in [0.29, 0.717) is 17.6 Å². The summed E-state index contributed by atoms with van der Waals surface area (Å²) >= 11 is 0. The van der Waals surface area contributed by atoms with Crippen LogP contribution in [0, 0.1) is 0 Å². The van der Waals surface area contributed by atoms with Crippen LogP contribution >= 0.6 is 0 Å². The predicted octanol–water partition coefficient (Wildman–Crippen LogP) is 2.74. The number of aromatic nitrogens is 1. The van der Waals surface area contributed by atoms with Crippen LogP contribution < -0.4 is 15.8 Å². The van der Waals surface area contributed by atoms with Crippen molar-refractivity contribution < 1.29 is 4.74 Å². The number of nitrogen functional groups attached to an aromatic ring is 1. The summed E-state index contributed by atoms with van der Waals surface area (Å²) in [5.41, 5.74) is 6.20. The maximum absolute atomic E-state index is 5.94. The van der Waals surface area contributed by atoms with Crippen LogP contribution in [0.2, 0.25) is 0 Å². The van der Waals surface area contributed by atoms with E-state index in [9.17, 15) is 0 Å². The Bertz CT molecular complexity index is 464. The van der Waals surface area contributed by atoms with E-state index in [2.05, 4.69) is 22.1 Å². The molecular formula is C16H28N4O. The van der Waals surface area contributed by atoms with Gasteiger partial charge in [0.25, 0.3) is 0 Å². The van der Waals surface area contributed by atoms with Gasteiger partial charge in [-0.1, -0.05) is 0 Å². The zero-order chi connectivity index (χ0) is 15.5. The fraction of sp³-hybridized carbons (Fsp3) is 0.688. The Hall–Kier alpha value is -1.49. The summed E-state index contributed by atoms with van der Waals surface area (Å²) in [5, 5.41) is 3.43. The largest absolute Gasteiger partial charge is 0.470 e. The first-order valence-corrected chi connectivity index (χ1v) is 7.78. The molecule has 1 atom stereocenters. The molecule has 1 aromatic rings. The van der Waals surface area contributed by atoms with Crippen molar-refractivity contribution in [2.45, 2.75) is 52.2 Å². The maximum Gasteiger partial charge on any atom is 0.239 e. The third-order valence-electron chi connectivity index (χ3n) is 3.42. The standard InChI is InChI=1S/C16H28N4O/c1-12(11-20-9-5-6-10-20)18-14-8-7-13(17)15(19-14)21-16(2,3)4/h7-8,12H,5-6,9-11,17H2,1-4H3,(H,18,19). The molecule has 3 N–H and O–H groups in total. The number of hydrogen-bond donors (Lipinski definition) is 2. The number of likely N-dealkylation sites (tertiary alicyclic amines) is 1. The summed E-state index contributed by atoms with van der Waals surface area (Å²) in [6, 6.07) is 4.10. The first-order chi connectivity index (χ1) is 9.83. The lowest BCUT2D eigenvalue weighted by Crippen LogP contribution is -2.33. The summed E-state index contributed by atoms with van der Waals surface area (Å²) in [4.78, 5) is 6.98. The van der Waals surface area contributed by atoms with Gasteiger partial charge in [-0.3, -0.25) is 0 Å². The molecule has 21 heavy (non-hydrogen) atoms. The van der Waals surface area contributed by atoms with E-state index >= 15 is 0 Å². The van der Waals surface area contributed by atoms with Gasteiger partial charge in [0.2, 0.25) is 5.88 Å². The Morgan fingerprint density at radius 3 is 2.62 bits per heavy atom. The lowest BCUT2D eigenvalue weighted by Gasteiger charge is -2.24. The van der Waals surface area contributed by atoms with E-state index in [0.717, 1.165) is 12.4 Å². The summed E-state index contributed by atoms with van der Waals surface area (Å²) in [6.45, 7) is 11.6. The number of nitrogens with two attached hydrogens (primary N) is 1. The molecule has 1 aromatic heterocycles. The molecule has 0 radical (unpaired) electrons. The number of ether oxygens (including phenoxy) is 1. The van der Waals surface area contributed by atoms with Crippen LogP contribution in [0.4, 0.5) is 11.5 Å². The van der Waals surface area contributed by atoms with Crippen LogP contribution in [-0.4, -0.2) is 41.2 Å². The van der Waals surface area contributed by atoms with Crippen molar-refractivity contribution >= 4 is 11.5 Å². The van der Waals surface area contributed by atoms with Gasteiger partial charge < -0.3 is 20.7 Å². The topological polar surface area (TPSA) is 63.4 Å². The summed E-state index contributed by atoms with van der Waals surface area (Å²) in [7, 11) is 0. The molecule has 2 heterocycles. The molecule has 0 spiro atoms. The Morgan fingerprint density at radius 1 is 1.33 bits per heavy atom. The molecule has 1 fully saturated rings. The Morgan fingerprint density at radius 2 is 2.00 bits per heavy atom. The van der Waals surface area contributed by atoms with Crippen LogP contribution in [0.1, 0.15) is 40.5 Å². The highest BCUT2D eigenvalue weighted by Gasteiger charge is 2.17. The van der Waals surface area contributed by atoms with Crippen molar-refractivity contribution in [2.75, 3.05) is 30.7 Å². The second-order valence-electron chi connectivity index (χ2n) is 6.86. The van der Waals surface area contributed by atoms with Crippen molar-refractivity contribution in [3.8, 4) is 5.88 Å². The molecule has 0 bridgehead atoms. The number of anilines is 2. The van der Waals surface area contributed by atoms with Gasteiger partial charge in [0.15, 0.2) is 0 Å². The zero-order valence-corrected chi connectivity index (χ0v) is 13.6. The first kappa shape index (κ1) is 15.9. The van der Waals surface area contributed by atoms with Crippen molar-refractivity contribution in [3.05, 3.63) is 12.1 Å². The predicted molar refractivity (Wildman–Crippen MR) is 87.8 cm³/mol. The van der Waals surface area contributed by atoms with E-state index in [1.807, 2.05) is 32.9 Å². The number of nitrogens with zero attached hydrogens (tertiary/aromatic N) is 2. The summed E-state index contributed by atoms with van der Waals surface area (Å²) in [6.07, 6.45) is 2.63. The van der Waals surface area contributed by atoms with Crippen molar-refractivity contribution in [2.24, 2.45) is 0 Å². The normalized spacial score (nSPS) is 17.7. The molecule has 5 heteroatoms. The second kappa shape index (κ2) is 6.52. The van der Waals surface area contributed by atoms with Crippen LogP contribution in [0.3, 0.4) is 0 Å². The highest BCUT2D eigenvalue weighted by Crippen LogP contribution is 2.25. The average molecular weight is 292 g/mol. The van der Waals surface area contributed by atoms with Crippen molar-refractivity contribution in [1.29, 1.82) is 0 Å². The fourth-order valence-electron chi connectivity index (χ4n) is 2.55. The third-order valence-corrected chi connectivity index (χ3v) is 3.42. The van der Waals surface area contributed by atoms with Crippen LogP contribution in [0.25, 0.3) is 0 Å². The van der Waals surface area contributed by atoms with Crippen molar-refractivity contribution in [3.63, 3.8) is 0 Å². The Kier molecular flexibility index (Phi) is 4.93. The maximum atomic E-state index is 5.94. The first-order valence-electron chi connectivity index (χ1n) is 7.78. The number of pyridine rings is 1. The van der Waals surface area contributed by atoms with E-state index in [1.54, 1.807) is 0 Å². The average Bonchev–Trinajstić information content (AvgIpc) is 2.84. The molecule has 0 aromatic carbocycles. The minimum absolute atomic E-state index is 0.305. The van der Waals surface area contributed by atoms with Gasteiger partial charge in [0.1, 0.15) is 11.4 Å². The van der Waals surface area contributed by atoms with E-state index in [1.165, 1.54) is 25.9 Å². The lowest BCUT2D eigenvalue weighted by molar-refractivity contribution is 0.125. The molecule has 1 aliphatic heterocycles. The number of nitrogens with one attached hydrogen (secondary N) is 1. The Balaban J connectivity index is 1.97. The van der Waals surface area contributed by atoms with E-state index in [4.69, 9.17) is 10.5 Å². The zero-order valence-electron chi connectivity index (χ0n) is 13.6. The SMILES string of the molecule is CC(CN1CCCC1)Nc1ccc(N)c(OC(C)(C)C)n1. The smallest absolute Gasteiger partial charge is 0.239 e. The molecular weight excluding hydrogens is 264 g/mol. The van der Waals surface area contributed by atoms with Gasteiger partial charge in [0, 0.05) is 12.6 Å². The van der Waals surface area contributed by atoms with Crippen LogP contribution in [0.5, 0.6) is 5.88 Å². The van der Waals surface area contributed by atoms with Gasteiger partial charge in [-0.2, -0.15) is 4.98 Å². The quantitative estimate of drug-likeness (QED) is 0.873. The van der Waals surface area contributed by atoms with E-state index in [-0.39, 0.29) is 5.60 Å². The number of hydrogen-bond acceptors (Lipinski definition) is 5. The minimum Gasteiger partial charge on any atom is -0.470 e. The van der Waals surface area contributed by atoms with Gasteiger partial charge in [-0.05, 0) is 65.8 Å². The molecule has 0 amide bonds. The Labute approximate surface area is 127 Å². The minimum atomic E-state index is -0.305. The molecule has 2 rings (SSSR count). The summed E-state index contributed by atoms with van der Waals surface area (Å²) in [5.74, 6) is 1.32. The fourth-order valence-corrected chi connectivity index (χ4v) is 2.55. The van der Waals surface area contributed by atoms with Gasteiger partial charge in [0.05, 0.1) is 5.69 Å². The van der Waals surface area contributed by atoms with Crippen LogP contribution in [-0.2, 0) is 0 Å². The second-order valence-corrected chi connectivity index (χ2v) is 6.86. The van der Waals surface area contributed by atoms with Crippen molar-refractivity contribution in [1.82, 2.24) is 9.88 Å². The van der Waals surface area contributed by atoms with Gasteiger partial charge in [-0.15, -0.1) is 0 Å². The molecule has 1 saturated heterocycles. The summed E-state index contributed by atoms with van der Waals surface area (Å²) < 4.78 is 5.80. The van der Waals surface area contributed by atoms with Gasteiger partial charge >= 0.3 is 0 Å². The molecule has 5 nitrogen and oxygen atoms in total. The highest BCUT2D eigenvalue weighted by molar-refractivity contribution is 5.54. The molecule has 118 valence electrons. The van der Waals surface area contributed by atoms with Gasteiger partial charge in [-0.25, -0.2) is 0 Å². The highest BCUT2D eigenvalue weighted by atomic mass is 16.5.